The van der Waals surface area contributed by atoms with Crippen molar-refractivity contribution in [2.75, 3.05) is 25.4 Å². The third kappa shape index (κ3) is 4.43. The highest BCUT2D eigenvalue weighted by Gasteiger charge is 2.21. The molecule has 1 aliphatic rings. The van der Waals surface area contributed by atoms with Gasteiger partial charge in [-0.15, -0.1) is 0 Å². The fraction of sp³-hybridized carbons (Fsp3) is 0.625. The first kappa shape index (κ1) is 14.2. The van der Waals surface area contributed by atoms with Crippen LogP contribution in [0.2, 0.25) is 0 Å². The molecule has 1 heterocycles. The van der Waals surface area contributed by atoms with E-state index in [0.717, 1.165) is 43.0 Å². The summed E-state index contributed by atoms with van der Waals surface area (Å²) in [6.45, 7) is 7.87. The molecule has 0 aromatic heterocycles. The van der Waals surface area contributed by atoms with Gasteiger partial charge in [0, 0.05) is 18.3 Å². The molecule has 0 amide bonds. The second-order valence-corrected chi connectivity index (χ2v) is 5.79. The van der Waals surface area contributed by atoms with E-state index in [-0.39, 0.29) is 0 Å². The van der Waals surface area contributed by atoms with Gasteiger partial charge in [-0.3, -0.25) is 0 Å². The molecular weight excluding hydrogens is 236 g/mol. The van der Waals surface area contributed by atoms with E-state index in [0.29, 0.717) is 0 Å². The quantitative estimate of drug-likeness (QED) is 0.654. The summed E-state index contributed by atoms with van der Waals surface area (Å²) in [5.74, 6) is 1.80. The Morgan fingerprint density at radius 3 is 2.68 bits per heavy atom. The normalized spacial score (nSPS) is 24.3. The van der Waals surface area contributed by atoms with Crippen LogP contribution in [0.5, 0.6) is 5.75 Å². The average Bonchev–Trinajstić information content (AvgIpc) is 2.39. The highest BCUT2D eigenvalue weighted by molar-refractivity contribution is 5.41. The first-order valence-electron chi connectivity index (χ1n) is 7.37. The summed E-state index contributed by atoms with van der Waals surface area (Å²) < 4.78 is 5.73. The van der Waals surface area contributed by atoms with Crippen LogP contribution >= 0.6 is 0 Å². The Labute approximate surface area is 116 Å². The van der Waals surface area contributed by atoms with Crippen molar-refractivity contribution in [3.05, 3.63) is 24.3 Å². The second-order valence-electron chi connectivity index (χ2n) is 5.79. The molecule has 1 saturated heterocycles. The number of hydrogen-bond donors (Lipinski definition) is 1. The van der Waals surface area contributed by atoms with Gasteiger partial charge in [0.1, 0.15) is 5.75 Å². The molecule has 1 aromatic carbocycles. The number of likely N-dealkylation sites (tertiary alicyclic amines) is 1. The monoisotopic (exact) mass is 262 g/mol. The van der Waals surface area contributed by atoms with Crippen molar-refractivity contribution in [1.29, 1.82) is 0 Å². The maximum absolute atomic E-state index is 5.73. The zero-order valence-electron chi connectivity index (χ0n) is 12.1. The molecular formula is C16H26N2O. The third-order valence-electron chi connectivity index (χ3n) is 4.01. The minimum absolute atomic E-state index is 0.722. The summed E-state index contributed by atoms with van der Waals surface area (Å²) in [7, 11) is 0. The number of ether oxygens (including phenoxy) is 1. The van der Waals surface area contributed by atoms with E-state index in [2.05, 4.69) is 18.7 Å². The summed E-state index contributed by atoms with van der Waals surface area (Å²) in [4.78, 5) is 2.59. The Balaban J connectivity index is 1.65. The second kappa shape index (κ2) is 6.80. The molecule has 0 bridgehead atoms. The summed E-state index contributed by atoms with van der Waals surface area (Å²) in [5, 5.41) is 0. The van der Waals surface area contributed by atoms with Crippen LogP contribution < -0.4 is 10.5 Å². The average molecular weight is 262 g/mol. The third-order valence-corrected chi connectivity index (χ3v) is 4.01. The van der Waals surface area contributed by atoms with E-state index in [4.69, 9.17) is 10.5 Å². The molecule has 1 aromatic rings. The van der Waals surface area contributed by atoms with Crippen molar-refractivity contribution >= 4 is 5.69 Å². The molecule has 19 heavy (non-hydrogen) atoms. The van der Waals surface area contributed by atoms with Crippen LogP contribution in [-0.2, 0) is 0 Å². The van der Waals surface area contributed by atoms with Crippen molar-refractivity contribution < 1.29 is 4.74 Å². The standard InChI is InChI=1S/C16H26N2O/c1-13-8-10-18(14(2)12-13)9-3-11-19-16-6-4-15(17)5-7-16/h4-7,13-14H,3,8-12,17H2,1-2H3. The van der Waals surface area contributed by atoms with Crippen molar-refractivity contribution in [3.63, 3.8) is 0 Å². The van der Waals surface area contributed by atoms with E-state index in [1.165, 1.54) is 19.4 Å². The Morgan fingerprint density at radius 1 is 1.26 bits per heavy atom. The van der Waals surface area contributed by atoms with E-state index in [1.807, 2.05) is 24.3 Å². The number of nitrogen functional groups attached to an aromatic ring is 1. The zero-order valence-corrected chi connectivity index (χ0v) is 12.1. The van der Waals surface area contributed by atoms with Gasteiger partial charge in [-0.05, 0) is 62.9 Å². The summed E-state index contributed by atoms with van der Waals surface area (Å²) in [6, 6.07) is 8.34. The maximum Gasteiger partial charge on any atom is 0.119 e. The minimum Gasteiger partial charge on any atom is -0.494 e. The Kier molecular flexibility index (Phi) is 5.08. The summed E-state index contributed by atoms with van der Waals surface area (Å²) in [6.07, 6.45) is 3.76. The largest absolute Gasteiger partial charge is 0.494 e. The fourth-order valence-electron chi connectivity index (χ4n) is 2.81. The van der Waals surface area contributed by atoms with Crippen LogP contribution in [0.15, 0.2) is 24.3 Å². The van der Waals surface area contributed by atoms with Crippen molar-refractivity contribution in [2.24, 2.45) is 5.92 Å². The molecule has 2 unspecified atom stereocenters. The molecule has 0 radical (unpaired) electrons. The van der Waals surface area contributed by atoms with E-state index in [9.17, 15) is 0 Å². The lowest BCUT2D eigenvalue weighted by Gasteiger charge is -2.36. The van der Waals surface area contributed by atoms with Crippen LogP contribution in [0.1, 0.15) is 33.1 Å². The predicted octanol–water partition coefficient (Wildman–Crippen LogP) is 3.16. The van der Waals surface area contributed by atoms with Gasteiger partial charge in [0.25, 0.3) is 0 Å². The molecule has 3 nitrogen and oxygen atoms in total. The van der Waals surface area contributed by atoms with Crippen LogP contribution in [0.3, 0.4) is 0 Å². The van der Waals surface area contributed by atoms with Crippen molar-refractivity contribution in [1.82, 2.24) is 4.90 Å². The zero-order chi connectivity index (χ0) is 13.7. The number of hydrogen-bond acceptors (Lipinski definition) is 3. The Bertz CT molecular complexity index is 377. The molecule has 2 atom stereocenters. The van der Waals surface area contributed by atoms with Crippen molar-refractivity contribution in [2.45, 2.75) is 39.2 Å². The van der Waals surface area contributed by atoms with Gasteiger partial charge in [0.05, 0.1) is 6.61 Å². The van der Waals surface area contributed by atoms with Crippen LogP contribution in [0.25, 0.3) is 0 Å². The number of rotatable bonds is 5. The highest BCUT2D eigenvalue weighted by Crippen LogP contribution is 2.22. The summed E-state index contributed by atoms with van der Waals surface area (Å²) in [5.41, 5.74) is 6.42. The SMILES string of the molecule is CC1CCN(CCCOc2ccc(N)cc2)C(C)C1. The molecule has 0 spiro atoms. The highest BCUT2D eigenvalue weighted by atomic mass is 16.5. The lowest BCUT2D eigenvalue weighted by molar-refractivity contribution is 0.121. The van der Waals surface area contributed by atoms with E-state index in [1.54, 1.807) is 0 Å². The maximum atomic E-state index is 5.73. The molecule has 3 heteroatoms. The topological polar surface area (TPSA) is 38.5 Å². The number of anilines is 1. The van der Waals surface area contributed by atoms with Gasteiger partial charge in [-0.2, -0.15) is 0 Å². The van der Waals surface area contributed by atoms with Gasteiger partial charge in [0.15, 0.2) is 0 Å². The smallest absolute Gasteiger partial charge is 0.119 e. The molecule has 2 rings (SSSR count). The molecule has 2 N–H and O–H groups in total. The number of benzene rings is 1. The minimum atomic E-state index is 0.722. The van der Waals surface area contributed by atoms with E-state index < -0.39 is 0 Å². The van der Waals surface area contributed by atoms with Crippen LogP contribution in [0.4, 0.5) is 5.69 Å². The molecule has 0 saturated carbocycles. The Morgan fingerprint density at radius 2 is 2.00 bits per heavy atom. The van der Waals surface area contributed by atoms with Gasteiger partial charge >= 0.3 is 0 Å². The first-order chi connectivity index (χ1) is 9.15. The van der Waals surface area contributed by atoms with E-state index >= 15 is 0 Å². The van der Waals surface area contributed by atoms with Gasteiger partial charge in [-0.1, -0.05) is 6.92 Å². The van der Waals surface area contributed by atoms with Gasteiger partial charge < -0.3 is 15.4 Å². The summed E-state index contributed by atoms with van der Waals surface area (Å²) >= 11 is 0. The molecule has 106 valence electrons. The molecule has 1 aliphatic heterocycles. The number of nitrogens with two attached hydrogens (primary N) is 1. The van der Waals surface area contributed by atoms with Crippen molar-refractivity contribution in [3.8, 4) is 5.75 Å². The Hall–Kier alpha value is -1.22. The first-order valence-corrected chi connectivity index (χ1v) is 7.37. The fourth-order valence-corrected chi connectivity index (χ4v) is 2.81. The lowest BCUT2D eigenvalue weighted by Crippen LogP contribution is -2.41. The number of nitrogens with zero attached hydrogens (tertiary/aromatic N) is 1. The molecule has 1 fully saturated rings. The molecule has 0 aliphatic carbocycles. The number of piperidine rings is 1. The lowest BCUT2D eigenvalue weighted by atomic mass is 9.93. The van der Waals surface area contributed by atoms with Crippen LogP contribution in [-0.4, -0.2) is 30.6 Å². The van der Waals surface area contributed by atoms with Gasteiger partial charge in [-0.25, -0.2) is 0 Å². The predicted molar refractivity (Wildman–Crippen MR) is 80.4 cm³/mol. The van der Waals surface area contributed by atoms with Crippen LogP contribution in [0, 0.1) is 5.92 Å². The van der Waals surface area contributed by atoms with Gasteiger partial charge in [0.2, 0.25) is 0 Å².